The number of rotatable bonds is 7. The minimum absolute atomic E-state index is 0. The van der Waals surface area contributed by atoms with E-state index in [0.717, 1.165) is 0 Å². The lowest BCUT2D eigenvalue weighted by Crippen LogP contribution is -2.57. The highest BCUT2D eigenvalue weighted by Gasteiger charge is 2.45. The predicted molar refractivity (Wildman–Crippen MR) is 193 cm³/mol. The molecule has 1 unspecified atom stereocenters. The maximum atomic E-state index is 13.0. The normalized spacial score (nSPS) is 21.3. The number of halogens is 1. The molecule has 6 atom stereocenters. The summed E-state index contributed by atoms with van der Waals surface area (Å²) in [4.78, 5) is 71.7. The maximum absolute atomic E-state index is 13.0. The van der Waals surface area contributed by atoms with E-state index in [4.69, 9.17) is 24.4 Å². The number of likely N-dealkylation sites (tertiary alicyclic amines) is 1. The number of methoxy groups -OCH3 is 2. The third kappa shape index (κ3) is 19.0. The highest BCUT2D eigenvalue weighted by atomic mass is 35.5. The van der Waals surface area contributed by atoms with Crippen molar-refractivity contribution in [2.75, 3.05) is 27.3 Å². The number of aliphatic carboxylic acids is 1. The Kier molecular flexibility index (Phi) is 20.4. The standard InChI is InChI=1S/C17H30N2O6.C12H22O4.C6H11NO3.ClH/c1-16(2,3)12(18-15(23)25-17(4,5)6)13(21)19-9-10(20)8-11(19)14(22)24-7;1-11(2,3)8(10(14)15)7-9(13)16-12(4,5)6;1-10-6(9)5-2-4(8)3-7-5;/h10-12,20H,8-9H2,1-7H3,(H,18,23);8H,7H2,1-6H3,(H,14,15);4-5,7-8H,2-3H2,1H3;1H/t10-,11-,12+;;4-,5-;/m0.0./s1. The van der Waals surface area contributed by atoms with Gasteiger partial charge in [-0.2, -0.15) is 0 Å². The highest BCUT2D eigenvalue weighted by Crippen LogP contribution is 2.30. The summed E-state index contributed by atoms with van der Waals surface area (Å²) < 4.78 is 19.5. The van der Waals surface area contributed by atoms with Gasteiger partial charge in [0.05, 0.1) is 38.8 Å². The zero-order valence-corrected chi connectivity index (χ0v) is 34.1. The largest absolute Gasteiger partial charge is 0.481 e. The van der Waals surface area contributed by atoms with Crippen LogP contribution in [0.3, 0.4) is 0 Å². The van der Waals surface area contributed by atoms with Crippen molar-refractivity contribution in [3.8, 4) is 0 Å². The fourth-order valence-electron chi connectivity index (χ4n) is 5.01. The maximum Gasteiger partial charge on any atom is 0.408 e. The van der Waals surface area contributed by atoms with E-state index < -0.39 is 82.1 Å². The van der Waals surface area contributed by atoms with E-state index in [2.05, 4.69) is 15.4 Å². The molecular formula is C35H64ClN3O13. The second kappa shape index (κ2) is 20.9. The van der Waals surface area contributed by atoms with Crippen LogP contribution in [0.25, 0.3) is 0 Å². The van der Waals surface area contributed by atoms with Gasteiger partial charge in [-0.25, -0.2) is 9.59 Å². The first-order valence-corrected chi connectivity index (χ1v) is 16.9. The van der Waals surface area contributed by atoms with Crippen LogP contribution in [0.15, 0.2) is 0 Å². The number of aliphatic hydroxyl groups is 2. The van der Waals surface area contributed by atoms with Crippen LogP contribution >= 0.6 is 12.4 Å². The number of aliphatic hydroxyl groups excluding tert-OH is 2. The Morgan fingerprint density at radius 2 is 1.27 bits per heavy atom. The number of nitrogens with one attached hydrogen (secondary N) is 2. The van der Waals surface area contributed by atoms with Crippen LogP contribution in [-0.4, -0.2) is 125 Å². The van der Waals surface area contributed by atoms with Crippen LogP contribution in [0.5, 0.6) is 0 Å². The van der Waals surface area contributed by atoms with Crippen LogP contribution in [0.2, 0.25) is 0 Å². The number of alkyl carbamates (subject to hydrolysis) is 1. The van der Waals surface area contributed by atoms with Gasteiger partial charge in [-0.1, -0.05) is 41.5 Å². The summed E-state index contributed by atoms with van der Waals surface area (Å²) in [6.07, 6.45) is -1.43. The van der Waals surface area contributed by atoms with E-state index in [0.29, 0.717) is 13.0 Å². The third-order valence-corrected chi connectivity index (χ3v) is 7.54. The highest BCUT2D eigenvalue weighted by molar-refractivity contribution is 5.91. The number of β-amino-alcohol motifs (C(OH)–C–C–N with tert-alkyl or cyclic N) is 2. The number of ether oxygens (including phenoxy) is 4. The molecule has 16 nitrogen and oxygen atoms in total. The Morgan fingerprint density at radius 1 is 0.769 bits per heavy atom. The summed E-state index contributed by atoms with van der Waals surface area (Å²) in [6.45, 7) is 21.8. The fraction of sp³-hybridized carbons (Fsp3) is 0.829. The molecule has 2 amide bonds. The molecule has 52 heavy (non-hydrogen) atoms. The Labute approximate surface area is 314 Å². The van der Waals surface area contributed by atoms with Gasteiger partial charge >= 0.3 is 30.0 Å². The second-order valence-electron chi connectivity index (χ2n) is 16.8. The van der Waals surface area contributed by atoms with Crippen LogP contribution in [0.1, 0.15) is 102 Å². The van der Waals surface area contributed by atoms with Gasteiger partial charge in [0.25, 0.3) is 0 Å². The van der Waals surface area contributed by atoms with Gasteiger partial charge in [0.1, 0.15) is 29.3 Å². The third-order valence-electron chi connectivity index (χ3n) is 7.54. The molecular weight excluding hydrogens is 706 g/mol. The Balaban J connectivity index is 0. The molecule has 0 aromatic rings. The average molecular weight is 770 g/mol. The lowest BCUT2D eigenvalue weighted by atomic mass is 9.79. The van der Waals surface area contributed by atoms with E-state index in [1.807, 2.05) is 0 Å². The minimum atomic E-state index is -0.960. The van der Waals surface area contributed by atoms with Crippen molar-refractivity contribution in [3.05, 3.63) is 0 Å². The van der Waals surface area contributed by atoms with Gasteiger partial charge in [-0.3, -0.25) is 19.2 Å². The molecule has 2 saturated heterocycles. The molecule has 0 aliphatic carbocycles. The van der Waals surface area contributed by atoms with E-state index in [9.17, 15) is 33.9 Å². The number of carbonyl (C=O) groups is 6. The van der Waals surface area contributed by atoms with Crippen LogP contribution < -0.4 is 10.6 Å². The van der Waals surface area contributed by atoms with Crippen molar-refractivity contribution in [2.24, 2.45) is 16.7 Å². The summed E-state index contributed by atoms with van der Waals surface area (Å²) in [7, 11) is 2.57. The lowest BCUT2D eigenvalue weighted by Gasteiger charge is -2.35. The number of carbonyl (C=O) groups excluding carboxylic acids is 5. The lowest BCUT2D eigenvalue weighted by molar-refractivity contribution is -0.162. The van der Waals surface area contributed by atoms with E-state index in [1.165, 1.54) is 19.1 Å². The van der Waals surface area contributed by atoms with E-state index in [-0.39, 0.29) is 43.8 Å². The number of carboxylic acids is 1. The zero-order chi connectivity index (χ0) is 40.3. The number of carboxylic acid groups (broad SMARTS) is 1. The van der Waals surface area contributed by atoms with Gasteiger partial charge in [-0.05, 0) is 52.4 Å². The topological polar surface area (TPSA) is 227 Å². The molecule has 17 heteroatoms. The number of hydrogen-bond acceptors (Lipinski definition) is 13. The van der Waals surface area contributed by atoms with E-state index >= 15 is 0 Å². The summed E-state index contributed by atoms with van der Waals surface area (Å²) in [5.41, 5.74) is -2.35. The molecule has 5 N–H and O–H groups in total. The monoisotopic (exact) mass is 769 g/mol. The van der Waals surface area contributed by atoms with Gasteiger partial charge < -0.3 is 49.8 Å². The number of hydrogen-bond donors (Lipinski definition) is 5. The smallest absolute Gasteiger partial charge is 0.408 e. The number of nitrogens with zero attached hydrogens (tertiary/aromatic N) is 1. The molecule has 0 radical (unpaired) electrons. The zero-order valence-electron chi connectivity index (χ0n) is 33.3. The van der Waals surface area contributed by atoms with Crippen molar-refractivity contribution >= 4 is 48.3 Å². The second-order valence-corrected chi connectivity index (χ2v) is 16.8. The number of esters is 3. The molecule has 0 aromatic heterocycles. The molecule has 2 aliphatic rings. The molecule has 2 heterocycles. The first-order chi connectivity index (χ1) is 22.9. The van der Waals surface area contributed by atoms with Gasteiger partial charge in [0.2, 0.25) is 5.91 Å². The average Bonchev–Trinajstić information content (AvgIpc) is 3.56. The number of amides is 2. The fourth-order valence-corrected chi connectivity index (χ4v) is 5.01. The first kappa shape index (κ1) is 50.9. The molecule has 0 spiro atoms. The Bertz CT molecular complexity index is 1200. The molecule has 2 rings (SSSR count). The Morgan fingerprint density at radius 3 is 1.63 bits per heavy atom. The summed E-state index contributed by atoms with van der Waals surface area (Å²) in [5.74, 6) is -3.48. The van der Waals surface area contributed by atoms with Crippen molar-refractivity contribution in [2.45, 2.75) is 144 Å². The van der Waals surface area contributed by atoms with Crippen LogP contribution in [0, 0.1) is 16.7 Å². The van der Waals surface area contributed by atoms with Gasteiger partial charge in [-0.15, -0.1) is 12.4 Å². The Hall–Kier alpha value is -3.21. The quantitative estimate of drug-likeness (QED) is 0.185. The summed E-state index contributed by atoms with van der Waals surface area (Å²) >= 11 is 0. The SMILES string of the molecule is CC(C)(C)OC(=O)CC(C(=O)O)C(C)(C)C.COC(=O)[C@@H]1C[C@H](O)CN1.COC(=O)[C@@H]1C[C@H](O)CN1C(=O)[C@@H](NC(=O)OC(C)(C)C)C(C)(C)C.Cl. The minimum Gasteiger partial charge on any atom is -0.481 e. The summed E-state index contributed by atoms with van der Waals surface area (Å²) in [6, 6.07) is -2.09. The van der Waals surface area contributed by atoms with Gasteiger partial charge in [0, 0.05) is 25.9 Å². The first-order valence-electron chi connectivity index (χ1n) is 16.9. The molecule has 0 saturated carbocycles. The van der Waals surface area contributed by atoms with Gasteiger partial charge in [0.15, 0.2) is 0 Å². The molecule has 0 bridgehead atoms. The molecule has 0 aromatic carbocycles. The predicted octanol–water partition coefficient (Wildman–Crippen LogP) is 2.83. The molecule has 2 fully saturated rings. The van der Waals surface area contributed by atoms with E-state index in [1.54, 1.807) is 83.1 Å². The van der Waals surface area contributed by atoms with Crippen LogP contribution in [-0.2, 0) is 42.9 Å². The molecule has 304 valence electrons. The molecule has 2 aliphatic heterocycles. The van der Waals surface area contributed by atoms with Crippen molar-refractivity contribution in [1.82, 2.24) is 15.5 Å². The van der Waals surface area contributed by atoms with Crippen LogP contribution in [0.4, 0.5) is 4.79 Å². The van der Waals surface area contributed by atoms with Crippen molar-refractivity contribution in [3.63, 3.8) is 0 Å². The summed E-state index contributed by atoms with van der Waals surface area (Å²) in [5, 5.41) is 33.3. The van der Waals surface area contributed by atoms with Crippen molar-refractivity contribution in [1.29, 1.82) is 0 Å². The van der Waals surface area contributed by atoms with Crippen molar-refractivity contribution < 1.29 is 63.0 Å².